The highest BCUT2D eigenvalue weighted by molar-refractivity contribution is 6.50. The number of nitrogens with one attached hydrogen (secondary N) is 2. The lowest BCUT2D eigenvalue weighted by Crippen LogP contribution is -2.60. The van der Waals surface area contributed by atoms with Crippen LogP contribution >= 0.6 is 0 Å². The molecule has 13 heteroatoms. The van der Waals surface area contributed by atoms with Crippen molar-refractivity contribution in [2.24, 2.45) is 5.92 Å². The third-order valence-electron chi connectivity index (χ3n) is 7.92. The number of halogens is 1. The molecule has 4 rings (SSSR count). The van der Waals surface area contributed by atoms with Gasteiger partial charge in [-0.05, 0) is 75.9 Å². The Balaban J connectivity index is 2.02. The largest absolute Gasteiger partial charge is 0.493 e. The summed E-state index contributed by atoms with van der Waals surface area (Å²) in [7, 11) is 4.24. The maximum atomic E-state index is 14.8. The molecule has 2 unspecified atom stereocenters. The summed E-state index contributed by atoms with van der Waals surface area (Å²) in [5, 5.41) is 15.9. The van der Waals surface area contributed by atoms with Gasteiger partial charge >= 0.3 is 12.1 Å². The van der Waals surface area contributed by atoms with Crippen LogP contribution in [0.2, 0.25) is 0 Å². The van der Waals surface area contributed by atoms with E-state index in [4.69, 9.17) is 18.9 Å². The number of ether oxygens (including phenoxy) is 4. The molecule has 0 fully saturated rings. The minimum absolute atomic E-state index is 0.00268. The zero-order valence-corrected chi connectivity index (χ0v) is 27.9. The molecule has 0 saturated heterocycles. The number of aromatic nitrogens is 1. The number of carboxylic acids is 1. The molecule has 252 valence electrons. The van der Waals surface area contributed by atoms with E-state index in [1.165, 1.54) is 57.9 Å². The number of fused-ring (bicyclic) bond motifs is 1. The molecule has 2 aromatic carbocycles. The Hall–Kier alpha value is -5.07. The first-order chi connectivity index (χ1) is 22.0. The van der Waals surface area contributed by atoms with Gasteiger partial charge in [-0.1, -0.05) is 13.8 Å². The summed E-state index contributed by atoms with van der Waals surface area (Å²) in [4.78, 5) is 53.0. The molecule has 12 nitrogen and oxygen atoms in total. The Morgan fingerprint density at radius 2 is 1.55 bits per heavy atom. The summed E-state index contributed by atoms with van der Waals surface area (Å²) in [5.41, 5.74) is -2.14. The number of carboxylic acid groups (broad SMARTS) is 1. The fourth-order valence-corrected chi connectivity index (χ4v) is 5.97. The molecule has 1 aliphatic heterocycles. The van der Waals surface area contributed by atoms with Crippen molar-refractivity contribution < 1.29 is 47.6 Å². The van der Waals surface area contributed by atoms with Crippen LogP contribution in [0.3, 0.4) is 0 Å². The van der Waals surface area contributed by atoms with Crippen molar-refractivity contribution in [3.05, 3.63) is 53.5 Å². The highest BCUT2D eigenvalue weighted by Crippen LogP contribution is 2.44. The Morgan fingerprint density at radius 3 is 2.06 bits per heavy atom. The Morgan fingerprint density at radius 1 is 0.957 bits per heavy atom. The molecule has 0 radical (unpaired) electrons. The number of nitrogens with zero attached hydrogens (tertiary/aromatic N) is 1. The topological polar surface area (TPSA) is 154 Å². The lowest BCUT2D eigenvalue weighted by molar-refractivity contribution is -0.147. The quantitative estimate of drug-likeness (QED) is 0.233. The first-order valence-corrected chi connectivity index (χ1v) is 14.9. The van der Waals surface area contributed by atoms with E-state index in [1.807, 2.05) is 13.8 Å². The summed E-state index contributed by atoms with van der Waals surface area (Å²) in [6.45, 7) is 10.2. The second-order valence-corrected chi connectivity index (χ2v) is 12.7. The highest BCUT2D eigenvalue weighted by Gasteiger charge is 2.48. The van der Waals surface area contributed by atoms with Crippen LogP contribution < -0.4 is 24.8 Å². The fourth-order valence-electron chi connectivity index (χ4n) is 5.97. The molecule has 1 aliphatic rings. The van der Waals surface area contributed by atoms with Gasteiger partial charge in [0.1, 0.15) is 11.4 Å². The monoisotopic (exact) mass is 653 g/mol. The van der Waals surface area contributed by atoms with Gasteiger partial charge < -0.3 is 33.9 Å². The second-order valence-electron chi connectivity index (χ2n) is 12.7. The van der Waals surface area contributed by atoms with E-state index >= 15 is 0 Å². The Labute approximate surface area is 271 Å². The van der Waals surface area contributed by atoms with Gasteiger partial charge in [-0.25, -0.2) is 14.0 Å². The Kier molecular flexibility index (Phi) is 9.60. The average molecular weight is 654 g/mol. The van der Waals surface area contributed by atoms with Crippen LogP contribution in [0.5, 0.6) is 17.2 Å². The van der Waals surface area contributed by atoms with E-state index in [-0.39, 0.29) is 57.2 Å². The fraction of sp³-hybridized carbons (Fsp3) is 0.412. The standard InChI is InChI=1S/C34H40FN3O9/c1-17(2)15-34(31(41)42,37-32(43)47-33(4,5)6)18(3)38-16-22(21-14-20(35)10-11-23(21)38)27-26(29(39)36-30(27)40)19-12-24(44-7)28(46-9)25(13-19)45-8/h10-14,16-18H,15H2,1-9H3,(H,37,43)(H,41,42)(H,36,39,40). The van der Waals surface area contributed by atoms with Gasteiger partial charge in [-0.15, -0.1) is 0 Å². The molecule has 2 heterocycles. The van der Waals surface area contributed by atoms with Crippen LogP contribution in [0.1, 0.15) is 65.1 Å². The number of methoxy groups -OCH3 is 3. The van der Waals surface area contributed by atoms with Gasteiger partial charge in [0.25, 0.3) is 11.8 Å². The van der Waals surface area contributed by atoms with Crippen molar-refractivity contribution in [3.63, 3.8) is 0 Å². The van der Waals surface area contributed by atoms with Gasteiger partial charge in [0.15, 0.2) is 17.0 Å². The van der Waals surface area contributed by atoms with Crippen molar-refractivity contribution in [1.82, 2.24) is 15.2 Å². The molecule has 0 bridgehead atoms. The van der Waals surface area contributed by atoms with Crippen LogP contribution in [-0.4, -0.2) is 66.0 Å². The van der Waals surface area contributed by atoms with E-state index < -0.39 is 46.9 Å². The zero-order chi connectivity index (χ0) is 35.0. The molecule has 0 saturated carbocycles. The molecule has 0 aliphatic carbocycles. The van der Waals surface area contributed by atoms with E-state index in [0.29, 0.717) is 5.52 Å². The van der Waals surface area contributed by atoms with Crippen molar-refractivity contribution in [2.75, 3.05) is 21.3 Å². The number of hydrogen-bond donors (Lipinski definition) is 3. The Bertz CT molecular complexity index is 1760. The van der Waals surface area contributed by atoms with Gasteiger partial charge in [-0.3, -0.25) is 14.9 Å². The molecule has 47 heavy (non-hydrogen) atoms. The van der Waals surface area contributed by atoms with Crippen LogP contribution in [0.15, 0.2) is 36.5 Å². The van der Waals surface area contributed by atoms with Gasteiger partial charge in [0.2, 0.25) is 5.75 Å². The highest BCUT2D eigenvalue weighted by atomic mass is 19.1. The predicted molar refractivity (Wildman–Crippen MR) is 172 cm³/mol. The number of alkyl carbamates (subject to hydrolysis) is 1. The third kappa shape index (κ3) is 6.60. The van der Waals surface area contributed by atoms with Crippen molar-refractivity contribution in [1.29, 1.82) is 0 Å². The number of aliphatic carboxylic acids is 1. The van der Waals surface area contributed by atoms with Crippen LogP contribution in [0.4, 0.5) is 9.18 Å². The first-order valence-electron chi connectivity index (χ1n) is 14.9. The number of benzene rings is 2. The molecular weight excluding hydrogens is 613 g/mol. The van der Waals surface area contributed by atoms with Crippen LogP contribution in [0.25, 0.3) is 22.0 Å². The lowest BCUT2D eigenvalue weighted by Gasteiger charge is -2.38. The molecule has 0 spiro atoms. The number of rotatable bonds is 11. The minimum Gasteiger partial charge on any atom is -0.493 e. The lowest BCUT2D eigenvalue weighted by atomic mass is 9.82. The maximum absolute atomic E-state index is 14.8. The number of hydrogen-bond acceptors (Lipinski definition) is 8. The average Bonchev–Trinajstić information content (AvgIpc) is 3.48. The molecule has 3 aromatic rings. The second kappa shape index (κ2) is 13.0. The van der Waals surface area contributed by atoms with Crippen molar-refractivity contribution >= 4 is 45.9 Å². The van der Waals surface area contributed by atoms with Gasteiger partial charge in [-0.2, -0.15) is 0 Å². The number of imide groups is 1. The summed E-state index contributed by atoms with van der Waals surface area (Å²) in [6, 6.07) is 5.88. The molecule has 3 N–H and O–H groups in total. The number of carbonyl (C=O) groups excluding carboxylic acids is 3. The van der Waals surface area contributed by atoms with E-state index in [0.717, 1.165) is 0 Å². The van der Waals surface area contributed by atoms with Crippen molar-refractivity contribution in [2.45, 2.75) is 65.1 Å². The van der Waals surface area contributed by atoms with Gasteiger partial charge in [0.05, 0.1) is 38.5 Å². The summed E-state index contributed by atoms with van der Waals surface area (Å²) in [5.74, 6) is -2.86. The zero-order valence-electron chi connectivity index (χ0n) is 27.9. The molecular formula is C34H40FN3O9. The SMILES string of the molecule is COc1cc(C2=C(c3cn(C(C)C(CC(C)C)(NC(=O)OC(C)(C)C)C(=O)O)c4ccc(F)cc34)C(=O)NC2=O)cc(OC)c1OC. The molecule has 3 amide bonds. The molecule has 1 aromatic heterocycles. The number of carbonyl (C=O) groups is 4. The number of amides is 3. The van der Waals surface area contributed by atoms with Crippen LogP contribution in [0, 0.1) is 11.7 Å². The predicted octanol–water partition coefficient (Wildman–Crippen LogP) is 5.33. The summed E-state index contributed by atoms with van der Waals surface area (Å²) in [6.07, 6.45) is 0.565. The summed E-state index contributed by atoms with van der Waals surface area (Å²) >= 11 is 0. The van der Waals surface area contributed by atoms with E-state index in [9.17, 15) is 28.7 Å². The minimum atomic E-state index is -1.91. The van der Waals surface area contributed by atoms with Crippen molar-refractivity contribution in [3.8, 4) is 17.2 Å². The van der Waals surface area contributed by atoms with E-state index in [2.05, 4.69) is 10.6 Å². The maximum Gasteiger partial charge on any atom is 0.408 e. The molecule has 2 atom stereocenters. The third-order valence-corrected chi connectivity index (χ3v) is 7.92. The van der Waals surface area contributed by atoms with E-state index in [1.54, 1.807) is 32.3 Å². The van der Waals surface area contributed by atoms with Crippen LogP contribution in [-0.2, 0) is 19.1 Å². The van der Waals surface area contributed by atoms with Gasteiger partial charge in [0, 0.05) is 22.7 Å². The summed E-state index contributed by atoms with van der Waals surface area (Å²) < 4.78 is 38.2. The smallest absolute Gasteiger partial charge is 0.408 e. The first kappa shape index (κ1) is 34.8. The normalized spacial score (nSPS) is 15.4.